The molecule has 4 rings (SSSR count). The molecule has 150 valence electrons. The van der Waals surface area contributed by atoms with E-state index in [1.54, 1.807) is 54.6 Å². The lowest BCUT2D eigenvalue weighted by molar-refractivity contribution is -0.274. The first-order chi connectivity index (χ1) is 14.3. The summed E-state index contributed by atoms with van der Waals surface area (Å²) < 4.78 is 41.5. The molecule has 0 saturated carbocycles. The number of carbonyl (C=O) groups is 1. The number of hydrogen-bond donors (Lipinski definition) is 1. The summed E-state index contributed by atoms with van der Waals surface area (Å²) in [6.07, 6.45) is -4.78. The first-order valence-electron chi connectivity index (χ1n) is 8.90. The fourth-order valence-corrected chi connectivity index (χ4v) is 3.23. The van der Waals surface area contributed by atoms with Crippen molar-refractivity contribution in [1.82, 2.24) is 4.98 Å². The average Bonchev–Trinajstić information content (AvgIpc) is 2.72. The number of hydrogen-bond acceptors (Lipinski definition) is 3. The molecule has 0 fully saturated rings. The summed E-state index contributed by atoms with van der Waals surface area (Å²) >= 11 is 0. The van der Waals surface area contributed by atoms with E-state index in [0.717, 1.165) is 0 Å². The number of benzene rings is 3. The van der Waals surface area contributed by atoms with Crippen molar-refractivity contribution < 1.29 is 27.8 Å². The summed E-state index contributed by atoms with van der Waals surface area (Å²) in [7, 11) is 0. The first-order valence-corrected chi connectivity index (χ1v) is 8.90. The molecule has 0 atom stereocenters. The fraction of sp³-hybridized carbons (Fsp3) is 0.0435. The van der Waals surface area contributed by atoms with Gasteiger partial charge in [-0.2, -0.15) is 0 Å². The molecule has 0 aliphatic carbocycles. The third kappa shape index (κ3) is 4.10. The lowest BCUT2D eigenvalue weighted by atomic mass is 9.99. The van der Waals surface area contributed by atoms with Gasteiger partial charge in [0, 0.05) is 10.9 Å². The normalized spacial score (nSPS) is 11.4. The van der Waals surface area contributed by atoms with Gasteiger partial charge in [-0.3, -0.25) is 0 Å². The molecule has 0 aliphatic rings. The monoisotopic (exact) mass is 409 g/mol. The van der Waals surface area contributed by atoms with Crippen LogP contribution in [-0.4, -0.2) is 22.4 Å². The van der Waals surface area contributed by atoms with E-state index in [4.69, 9.17) is 0 Å². The first kappa shape index (κ1) is 19.4. The van der Waals surface area contributed by atoms with E-state index < -0.39 is 12.3 Å². The Morgan fingerprint density at radius 2 is 1.50 bits per heavy atom. The Bertz CT molecular complexity index is 1250. The van der Waals surface area contributed by atoms with Gasteiger partial charge in [0.1, 0.15) is 5.75 Å². The fourth-order valence-electron chi connectivity index (χ4n) is 3.23. The summed E-state index contributed by atoms with van der Waals surface area (Å²) in [6.45, 7) is 0. The Morgan fingerprint density at radius 1 is 0.833 bits per heavy atom. The molecule has 4 aromatic rings. The van der Waals surface area contributed by atoms with Gasteiger partial charge in [0.2, 0.25) is 0 Å². The van der Waals surface area contributed by atoms with Gasteiger partial charge >= 0.3 is 12.3 Å². The van der Waals surface area contributed by atoms with Crippen molar-refractivity contribution in [1.29, 1.82) is 0 Å². The Labute approximate surface area is 169 Å². The van der Waals surface area contributed by atoms with E-state index in [2.05, 4.69) is 9.72 Å². The topological polar surface area (TPSA) is 59.4 Å². The quantitative estimate of drug-likeness (QED) is 0.438. The predicted octanol–water partition coefficient (Wildman–Crippen LogP) is 6.17. The average molecular weight is 409 g/mol. The summed E-state index contributed by atoms with van der Waals surface area (Å²) in [6, 6.07) is 21.1. The molecule has 4 nitrogen and oxygen atoms in total. The minimum atomic E-state index is -4.78. The smallest absolute Gasteiger partial charge is 0.478 e. The van der Waals surface area contributed by atoms with Crippen molar-refractivity contribution >= 4 is 16.9 Å². The maximum atomic E-state index is 12.5. The Hall–Kier alpha value is -3.87. The standard InChI is InChI=1S/C23H14F3NO3/c24-23(25,26)30-17-8-4-6-15(12-17)14-5-3-7-16(11-14)21-13-19(22(28)29)18-9-1-2-10-20(18)27-21/h1-13H,(H,28,29). The van der Waals surface area contributed by atoms with Crippen LogP contribution >= 0.6 is 0 Å². The molecule has 1 heterocycles. The van der Waals surface area contributed by atoms with E-state index >= 15 is 0 Å². The van der Waals surface area contributed by atoms with Crippen LogP contribution in [0, 0.1) is 0 Å². The maximum absolute atomic E-state index is 12.5. The highest BCUT2D eigenvalue weighted by atomic mass is 19.4. The molecule has 1 N–H and O–H groups in total. The van der Waals surface area contributed by atoms with Gasteiger partial charge in [-0.25, -0.2) is 9.78 Å². The molecule has 30 heavy (non-hydrogen) atoms. The number of halogens is 3. The highest BCUT2D eigenvalue weighted by molar-refractivity contribution is 6.03. The molecule has 0 saturated heterocycles. The SMILES string of the molecule is O=C(O)c1cc(-c2cccc(-c3cccc(OC(F)(F)F)c3)c2)nc2ccccc12. The maximum Gasteiger partial charge on any atom is 0.573 e. The molecular formula is C23H14F3NO3. The van der Waals surface area contributed by atoms with Gasteiger partial charge < -0.3 is 9.84 Å². The molecule has 7 heteroatoms. The van der Waals surface area contributed by atoms with Crippen molar-refractivity contribution in [2.24, 2.45) is 0 Å². The highest BCUT2D eigenvalue weighted by Gasteiger charge is 2.31. The van der Waals surface area contributed by atoms with Gasteiger partial charge in [0.25, 0.3) is 0 Å². The molecule has 3 aromatic carbocycles. The van der Waals surface area contributed by atoms with Gasteiger partial charge in [-0.05, 0) is 41.5 Å². The summed E-state index contributed by atoms with van der Waals surface area (Å²) in [5, 5.41) is 10.1. The second-order valence-electron chi connectivity index (χ2n) is 6.53. The number of ether oxygens (including phenoxy) is 1. The van der Waals surface area contributed by atoms with Crippen LogP contribution in [-0.2, 0) is 0 Å². The number of rotatable bonds is 4. The summed E-state index contributed by atoms with van der Waals surface area (Å²) in [5.74, 6) is -1.38. The van der Waals surface area contributed by atoms with E-state index in [1.807, 2.05) is 0 Å². The predicted molar refractivity (Wildman–Crippen MR) is 106 cm³/mol. The number of carboxylic acids is 1. The molecule has 0 radical (unpaired) electrons. The zero-order chi connectivity index (χ0) is 21.3. The largest absolute Gasteiger partial charge is 0.573 e. The Morgan fingerprint density at radius 3 is 2.23 bits per heavy atom. The molecule has 0 unspecified atom stereocenters. The second-order valence-corrected chi connectivity index (χ2v) is 6.53. The van der Waals surface area contributed by atoms with Crippen molar-refractivity contribution in [3.8, 4) is 28.1 Å². The van der Waals surface area contributed by atoms with E-state index in [0.29, 0.717) is 33.3 Å². The summed E-state index contributed by atoms with van der Waals surface area (Å²) in [5.41, 5.74) is 2.93. The van der Waals surface area contributed by atoms with Gasteiger partial charge in [-0.1, -0.05) is 48.5 Å². The Balaban J connectivity index is 1.78. The molecule has 1 aromatic heterocycles. The van der Waals surface area contributed by atoms with E-state index in [1.165, 1.54) is 24.3 Å². The molecular weight excluding hydrogens is 395 g/mol. The lowest BCUT2D eigenvalue weighted by Gasteiger charge is -2.11. The van der Waals surface area contributed by atoms with Gasteiger partial charge in [0.05, 0.1) is 16.8 Å². The van der Waals surface area contributed by atoms with Gasteiger partial charge in [-0.15, -0.1) is 13.2 Å². The Kier molecular flexibility index (Phi) is 4.87. The number of nitrogens with zero attached hydrogens (tertiary/aromatic N) is 1. The number of para-hydroxylation sites is 1. The zero-order valence-electron chi connectivity index (χ0n) is 15.4. The van der Waals surface area contributed by atoms with Crippen LogP contribution in [0.5, 0.6) is 5.75 Å². The van der Waals surface area contributed by atoms with Crippen molar-refractivity contribution in [3.63, 3.8) is 0 Å². The van der Waals surface area contributed by atoms with Crippen molar-refractivity contribution in [2.45, 2.75) is 6.36 Å². The summed E-state index contributed by atoms with van der Waals surface area (Å²) in [4.78, 5) is 16.3. The zero-order valence-corrected chi connectivity index (χ0v) is 15.4. The number of fused-ring (bicyclic) bond motifs is 1. The van der Waals surface area contributed by atoms with Gasteiger partial charge in [0.15, 0.2) is 0 Å². The molecule has 0 bridgehead atoms. The van der Waals surface area contributed by atoms with Crippen LogP contribution in [0.2, 0.25) is 0 Å². The number of carboxylic acid groups (broad SMARTS) is 1. The third-order valence-corrected chi connectivity index (χ3v) is 4.51. The molecule has 0 aliphatic heterocycles. The third-order valence-electron chi connectivity index (χ3n) is 4.51. The second kappa shape index (κ2) is 7.51. The van der Waals surface area contributed by atoms with Crippen LogP contribution in [0.25, 0.3) is 33.3 Å². The minimum Gasteiger partial charge on any atom is -0.478 e. The van der Waals surface area contributed by atoms with Crippen LogP contribution in [0.3, 0.4) is 0 Å². The van der Waals surface area contributed by atoms with Crippen LogP contribution < -0.4 is 4.74 Å². The van der Waals surface area contributed by atoms with Crippen LogP contribution in [0.15, 0.2) is 78.9 Å². The lowest BCUT2D eigenvalue weighted by Crippen LogP contribution is -2.17. The molecule has 0 amide bonds. The minimum absolute atomic E-state index is 0.126. The van der Waals surface area contributed by atoms with E-state index in [9.17, 15) is 23.1 Å². The van der Waals surface area contributed by atoms with Crippen LogP contribution in [0.1, 0.15) is 10.4 Å². The number of pyridine rings is 1. The van der Waals surface area contributed by atoms with Crippen molar-refractivity contribution in [2.75, 3.05) is 0 Å². The van der Waals surface area contributed by atoms with Crippen molar-refractivity contribution in [3.05, 3.63) is 84.4 Å². The number of aromatic carboxylic acids is 1. The highest BCUT2D eigenvalue weighted by Crippen LogP contribution is 2.31. The molecule has 0 spiro atoms. The van der Waals surface area contributed by atoms with E-state index in [-0.39, 0.29) is 11.3 Å². The number of aromatic nitrogens is 1. The van der Waals surface area contributed by atoms with Crippen LogP contribution in [0.4, 0.5) is 13.2 Å². The number of alkyl halides is 3.